The molecule has 1 N–H and O–H groups in total. The highest BCUT2D eigenvalue weighted by atomic mass is 79.9. The van der Waals surface area contributed by atoms with Crippen molar-refractivity contribution in [2.24, 2.45) is 0 Å². The van der Waals surface area contributed by atoms with E-state index in [0.717, 1.165) is 0 Å². The molecule has 2 rings (SSSR count). The minimum Gasteiger partial charge on any atom is -0.490 e. The summed E-state index contributed by atoms with van der Waals surface area (Å²) >= 11 is 9.27. The maximum absolute atomic E-state index is 12.4. The third-order valence-electron chi connectivity index (χ3n) is 2.96. The fraction of sp³-hybridized carbons (Fsp3) is 0.235. The van der Waals surface area contributed by atoms with E-state index >= 15 is 0 Å². The average Bonchev–Trinajstić information content (AvgIpc) is 2.53. The molecule has 6 heteroatoms. The van der Waals surface area contributed by atoms with E-state index in [1.807, 2.05) is 13.8 Å². The van der Waals surface area contributed by atoms with Crippen LogP contribution in [0.25, 0.3) is 0 Å². The lowest BCUT2D eigenvalue weighted by Gasteiger charge is -2.14. The average molecular weight is 399 g/mol. The Hall–Kier alpha value is -1.72. The Morgan fingerprint density at radius 1 is 1.13 bits per heavy atom. The predicted octanol–water partition coefficient (Wildman–Crippen LogP) is 5.15. The summed E-state index contributed by atoms with van der Waals surface area (Å²) in [5, 5.41) is 3.43. The molecule has 0 fully saturated rings. The van der Waals surface area contributed by atoms with Gasteiger partial charge in [0.15, 0.2) is 11.5 Å². The van der Waals surface area contributed by atoms with Crippen LogP contribution < -0.4 is 14.8 Å². The third kappa shape index (κ3) is 4.62. The standard InChI is InChI=1S/C17H17BrClNO3/c1-3-22-15-10-11(9-14(18)16(15)23-4-2)17(21)20-13-7-5-12(19)6-8-13/h5-10H,3-4H2,1-2H3,(H,20,21). The molecule has 0 bridgehead atoms. The minimum atomic E-state index is -0.239. The summed E-state index contributed by atoms with van der Waals surface area (Å²) in [6, 6.07) is 10.3. The Kier molecular flexibility index (Phi) is 6.30. The molecule has 0 saturated carbocycles. The number of anilines is 1. The van der Waals surface area contributed by atoms with Crippen LogP contribution in [0.1, 0.15) is 24.2 Å². The van der Waals surface area contributed by atoms with Gasteiger partial charge in [-0.15, -0.1) is 0 Å². The number of benzene rings is 2. The van der Waals surface area contributed by atoms with E-state index in [9.17, 15) is 4.79 Å². The largest absolute Gasteiger partial charge is 0.490 e. The molecule has 23 heavy (non-hydrogen) atoms. The zero-order valence-corrected chi connectivity index (χ0v) is 15.2. The van der Waals surface area contributed by atoms with E-state index in [1.54, 1.807) is 36.4 Å². The molecule has 0 heterocycles. The molecule has 0 saturated heterocycles. The quantitative estimate of drug-likeness (QED) is 0.732. The van der Waals surface area contributed by atoms with Crippen molar-refractivity contribution in [3.05, 3.63) is 51.5 Å². The summed E-state index contributed by atoms with van der Waals surface area (Å²) in [4.78, 5) is 12.4. The van der Waals surface area contributed by atoms with Crippen LogP contribution in [-0.2, 0) is 0 Å². The van der Waals surface area contributed by atoms with Gasteiger partial charge in [-0.3, -0.25) is 4.79 Å². The predicted molar refractivity (Wildman–Crippen MR) is 95.9 cm³/mol. The lowest BCUT2D eigenvalue weighted by molar-refractivity contribution is 0.102. The molecule has 0 atom stereocenters. The van der Waals surface area contributed by atoms with Crippen molar-refractivity contribution in [1.82, 2.24) is 0 Å². The molecule has 2 aromatic carbocycles. The fourth-order valence-electron chi connectivity index (χ4n) is 1.98. The van der Waals surface area contributed by atoms with Crippen molar-refractivity contribution in [1.29, 1.82) is 0 Å². The number of nitrogens with one attached hydrogen (secondary N) is 1. The van der Waals surface area contributed by atoms with Gasteiger partial charge in [-0.1, -0.05) is 11.6 Å². The summed E-state index contributed by atoms with van der Waals surface area (Å²) in [5.74, 6) is 0.888. The summed E-state index contributed by atoms with van der Waals surface area (Å²) in [6.07, 6.45) is 0. The van der Waals surface area contributed by atoms with Crippen LogP contribution >= 0.6 is 27.5 Å². The SMILES string of the molecule is CCOc1cc(C(=O)Nc2ccc(Cl)cc2)cc(Br)c1OCC. The monoisotopic (exact) mass is 397 g/mol. The first kappa shape index (κ1) is 17.6. The van der Waals surface area contributed by atoms with Crippen LogP contribution in [-0.4, -0.2) is 19.1 Å². The van der Waals surface area contributed by atoms with Crippen LogP contribution in [0.15, 0.2) is 40.9 Å². The third-order valence-corrected chi connectivity index (χ3v) is 3.80. The van der Waals surface area contributed by atoms with E-state index in [2.05, 4.69) is 21.2 Å². The Balaban J connectivity index is 2.27. The molecule has 0 unspecified atom stereocenters. The molecule has 4 nitrogen and oxygen atoms in total. The molecule has 0 aliphatic rings. The molecular weight excluding hydrogens is 382 g/mol. The van der Waals surface area contributed by atoms with Gasteiger partial charge in [0.05, 0.1) is 17.7 Å². The van der Waals surface area contributed by atoms with Gasteiger partial charge in [-0.05, 0) is 66.2 Å². The van der Waals surface area contributed by atoms with Crippen LogP contribution in [0.2, 0.25) is 5.02 Å². The van der Waals surface area contributed by atoms with Crippen molar-refractivity contribution >= 4 is 39.1 Å². The smallest absolute Gasteiger partial charge is 0.255 e. The van der Waals surface area contributed by atoms with Gasteiger partial charge in [0.25, 0.3) is 5.91 Å². The lowest BCUT2D eigenvalue weighted by atomic mass is 10.1. The number of carbonyl (C=O) groups excluding carboxylic acids is 1. The molecular formula is C17H17BrClNO3. The van der Waals surface area contributed by atoms with Crippen molar-refractivity contribution in [3.63, 3.8) is 0 Å². The molecule has 0 aliphatic carbocycles. The van der Waals surface area contributed by atoms with Gasteiger partial charge in [-0.25, -0.2) is 0 Å². The Bertz CT molecular complexity index is 689. The lowest BCUT2D eigenvalue weighted by Crippen LogP contribution is -2.12. The Morgan fingerprint density at radius 3 is 2.39 bits per heavy atom. The van der Waals surface area contributed by atoms with Gasteiger partial charge in [0.1, 0.15) is 0 Å². The normalized spacial score (nSPS) is 10.3. The molecule has 0 aliphatic heterocycles. The number of rotatable bonds is 6. The second-order valence-electron chi connectivity index (χ2n) is 4.61. The number of hydrogen-bond donors (Lipinski definition) is 1. The highest BCUT2D eigenvalue weighted by molar-refractivity contribution is 9.10. The number of halogens is 2. The molecule has 0 spiro atoms. The van der Waals surface area contributed by atoms with Crippen molar-refractivity contribution in [3.8, 4) is 11.5 Å². The molecule has 1 amide bonds. The Morgan fingerprint density at radius 2 is 1.78 bits per heavy atom. The van der Waals surface area contributed by atoms with Gasteiger partial charge < -0.3 is 14.8 Å². The van der Waals surface area contributed by atoms with E-state index < -0.39 is 0 Å². The highest BCUT2D eigenvalue weighted by Gasteiger charge is 2.16. The Labute approximate surface area is 148 Å². The molecule has 122 valence electrons. The van der Waals surface area contributed by atoms with Crippen molar-refractivity contribution in [2.75, 3.05) is 18.5 Å². The number of carbonyl (C=O) groups is 1. The first-order valence-electron chi connectivity index (χ1n) is 7.21. The van der Waals surface area contributed by atoms with Crippen molar-refractivity contribution in [2.45, 2.75) is 13.8 Å². The van der Waals surface area contributed by atoms with E-state index in [1.165, 1.54) is 0 Å². The maximum atomic E-state index is 12.4. The summed E-state index contributed by atoms with van der Waals surface area (Å²) < 4.78 is 11.8. The zero-order valence-electron chi connectivity index (χ0n) is 12.9. The fourth-order valence-corrected chi connectivity index (χ4v) is 2.67. The summed E-state index contributed by atoms with van der Waals surface area (Å²) in [6.45, 7) is 4.76. The zero-order chi connectivity index (χ0) is 16.8. The minimum absolute atomic E-state index is 0.239. The van der Waals surface area contributed by atoms with Crippen LogP contribution in [0.4, 0.5) is 5.69 Å². The summed E-state index contributed by atoms with van der Waals surface area (Å²) in [7, 11) is 0. The topological polar surface area (TPSA) is 47.6 Å². The van der Waals surface area contributed by atoms with Gasteiger partial charge in [0.2, 0.25) is 0 Å². The second kappa shape index (κ2) is 8.22. The van der Waals surface area contributed by atoms with Gasteiger partial charge >= 0.3 is 0 Å². The highest BCUT2D eigenvalue weighted by Crippen LogP contribution is 2.37. The van der Waals surface area contributed by atoms with E-state index in [-0.39, 0.29) is 5.91 Å². The second-order valence-corrected chi connectivity index (χ2v) is 5.90. The van der Waals surface area contributed by atoms with Crippen LogP contribution in [0.5, 0.6) is 11.5 Å². The van der Waals surface area contributed by atoms with Crippen LogP contribution in [0.3, 0.4) is 0 Å². The van der Waals surface area contributed by atoms with Gasteiger partial charge in [-0.2, -0.15) is 0 Å². The molecule has 0 radical (unpaired) electrons. The maximum Gasteiger partial charge on any atom is 0.255 e. The van der Waals surface area contributed by atoms with E-state index in [4.69, 9.17) is 21.1 Å². The molecule has 0 aromatic heterocycles. The van der Waals surface area contributed by atoms with Crippen LogP contribution in [0, 0.1) is 0 Å². The first-order valence-corrected chi connectivity index (χ1v) is 8.38. The van der Waals surface area contributed by atoms with Crippen molar-refractivity contribution < 1.29 is 14.3 Å². The van der Waals surface area contributed by atoms with E-state index in [0.29, 0.717) is 45.5 Å². The first-order chi connectivity index (χ1) is 11.0. The number of ether oxygens (including phenoxy) is 2. The number of amides is 1. The molecule has 2 aromatic rings. The summed E-state index contributed by atoms with van der Waals surface area (Å²) in [5.41, 5.74) is 1.14. The van der Waals surface area contributed by atoms with Gasteiger partial charge in [0, 0.05) is 16.3 Å². The number of hydrogen-bond acceptors (Lipinski definition) is 3.